The maximum absolute atomic E-state index is 13.0. The molecule has 1 amide bonds. The van der Waals surface area contributed by atoms with E-state index in [1.807, 2.05) is 14.0 Å². The number of rotatable bonds is 34. The Morgan fingerprint density at radius 3 is 1.16 bits per heavy atom. The lowest BCUT2D eigenvalue weighted by Gasteiger charge is -2.45. The molecule has 0 saturated heterocycles. The van der Waals surface area contributed by atoms with Crippen molar-refractivity contribution in [3.63, 3.8) is 0 Å². The highest BCUT2D eigenvalue weighted by Crippen LogP contribution is 2.29. The third kappa shape index (κ3) is 21.6. The number of nitrogens with one attached hydrogen (secondary N) is 1. The summed E-state index contributed by atoms with van der Waals surface area (Å²) >= 11 is 0. The zero-order valence-electron chi connectivity index (χ0n) is 30.6. The number of hydrogen-bond acceptors (Lipinski definition) is 2. The molecule has 0 bridgehead atoms. The Morgan fingerprint density at radius 2 is 0.841 bits per heavy atom. The molecule has 0 radical (unpaired) electrons. The first-order valence-electron chi connectivity index (χ1n) is 19.7. The van der Waals surface area contributed by atoms with Crippen LogP contribution in [0.15, 0.2) is 0 Å². The van der Waals surface area contributed by atoms with Crippen molar-refractivity contribution in [3.8, 4) is 0 Å². The molecule has 0 fully saturated rings. The lowest BCUT2D eigenvalue weighted by atomic mass is 9.90. The van der Waals surface area contributed by atoms with Crippen molar-refractivity contribution >= 4 is 11.9 Å². The number of carbonyl (C=O) groups is 2. The van der Waals surface area contributed by atoms with Gasteiger partial charge in [0.25, 0.3) is 5.91 Å². The van der Waals surface area contributed by atoms with E-state index in [4.69, 9.17) is 0 Å². The minimum atomic E-state index is -1.01. The normalized spacial score (nSPS) is 14.3. The van der Waals surface area contributed by atoms with Crippen LogP contribution in [-0.4, -0.2) is 40.7 Å². The summed E-state index contributed by atoms with van der Waals surface area (Å²) in [6, 6.07) is 0. The summed E-state index contributed by atoms with van der Waals surface area (Å²) in [4.78, 5) is 25.6. The number of unbranched alkanes of at least 4 members (excludes halogenated alkanes) is 25. The first kappa shape index (κ1) is 42.9. The fourth-order valence-electron chi connectivity index (χ4n) is 6.74. The van der Waals surface area contributed by atoms with E-state index in [9.17, 15) is 14.7 Å². The van der Waals surface area contributed by atoms with E-state index in [2.05, 4.69) is 26.2 Å². The van der Waals surface area contributed by atoms with Gasteiger partial charge in [-0.25, -0.2) is 14.8 Å². The summed E-state index contributed by atoms with van der Waals surface area (Å²) in [5.41, 5.74) is 2.16. The molecule has 5 nitrogen and oxygen atoms in total. The van der Waals surface area contributed by atoms with Gasteiger partial charge in [-0.3, -0.25) is 4.79 Å². The predicted molar refractivity (Wildman–Crippen MR) is 191 cm³/mol. The van der Waals surface area contributed by atoms with Crippen molar-refractivity contribution < 1.29 is 19.3 Å². The van der Waals surface area contributed by atoms with Crippen LogP contribution in [0.2, 0.25) is 0 Å². The van der Waals surface area contributed by atoms with Gasteiger partial charge in [0, 0.05) is 19.8 Å². The number of carboxylic acids is 1. The van der Waals surface area contributed by atoms with E-state index in [0.717, 1.165) is 32.1 Å². The maximum atomic E-state index is 13.0. The third-order valence-corrected chi connectivity index (χ3v) is 10.1. The Balaban J connectivity index is 4.21. The van der Waals surface area contributed by atoms with Crippen LogP contribution < -0.4 is 5.43 Å². The summed E-state index contributed by atoms with van der Waals surface area (Å²) in [7, 11) is 1.92. The molecule has 44 heavy (non-hydrogen) atoms. The summed E-state index contributed by atoms with van der Waals surface area (Å²) in [5, 5.41) is 10.3. The lowest BCUT2D eigenvalue weighted by Crippen LogP contribution is -2.72. The molecule has 2 N–H and O–H groups in total. The van der Waals surface area contributed by atoms with Gasteiger partial charge in [-0.1, -0.05) is 181 Å². The molecule has 0 aliphatic carbocycles. The molecule has 2 atom stereocenters. The Hall–Kier alpha value is -1.10. The van der Waals surface area contributed by atoms with Crippen molar-refractivity contribution in [2.75, 3.05) is 13.6 Å². The molecule has 0 aromatic heterocycles. The lowest BCUT2D eigenvalue weighted by molar-refractivity contribution is -0.980. The summed E-state index contributed by atoms with van der Waals surface area (Å²) in [6.07, 6.45) is 36.7. The predicted octanol–water partition coefficient (Wildman–Crippen LogP) is 12.1. The number of quaternary nitrogens is 1. The first-order valence-corrected chi connectivity index (χ1v) is 19.7. The molecule has 0 spiro atoms. The highest BCUT2D eigenvalue weighted by molar-refractivity contribution is 5.78. The van der Waals surface area contributed by atoms with Crippen LogP contribution in [0.5, 0.6) is 0 Å². The Bertz CT molecular complexity index is 670. The quantitative estimate of drug-likeness (QED) is 0.0426. The number of likely N-dealkylation sites (N-methyl/N-ethyl adjacent to an activating group) is 1. The average Bonchev–Trinajstić information content (AvgIpc) is 2.99. The molecular weight excluding hydrogens is 544 g/mol. The van der Waals surface area contributed by atoms with Gasteiger partial charge < -0.3 is 5.11 Å². The second kappa shape index (κ2) is 29.3. The topological polar surface area (TPSA) is 66.4 Å². The zero-order valence-corrected chi connectivity index (χ0v) is 30.6. The number of aliphatic carboxylic acids is 1. The summed E-state index contributed by atoms with van der Waals surface area (Å²) in [6.45, 7) is 9.09. The van der Waals surface area contributed by atoms with Crippen LogP contribution in [-0.2, 0) is 9.59 Å². The fourth-order valence-corrected chi connectivity index (χ4v) is 6.74. The van der Waals surface area contributed by atoms with E-state index in [-0.39, 0.29) is 10.5 Å². The first-order chi connectivity index (χ1) is 21.3. The minimum Gasteiger partial charge on any atom is -0.477 e. The van der Waals surface area contributed by atoms with Crippen LogP contribution in [0.4, 0.5) is 0 Å². The van der Waals surface area contributed by atoms with E-state index < -0.39 is 11.5 Å². The van der Waals surface area contributed by atoms with Crippen molar-refractivity contribution in [1.82, 2.24) is 5.43 Å². The smallest absolute Gasteiger partial charge is 0.367 e. The number of amides is 1. The summed E-state index contributed by atoms with van der Waals surface area (Å²) in [5.74, 6) is -0.804. The SMILES string of the molecule is CCCCCCCCCCCCCCCCCC(=O)N[N+](C)(CCC)C(C)(CCCCCCCCCCCCCC)C(=O)O. The van der Waals surface area contributed by atoms with Gasteiger partial charge in [0.15, 0.2) is 0 Å². The number of nitrogens with zero attached hydrogens (tertiary/aromatic N) is 1. The van der Waals surface area contributed by atoms with Crippen LogP contribution >= 0.6 is 0 Å². The average molecular weight is 624 g/mol. The molecule has 262 valence electrons. The van der Waals surface area contributed by atoms with E-state index in [0.29, 0.717) is 19.4 Å². The molecule has 0 aliphatic rings. The monoisotopic (exact) mass is 624 g/mol. The van der Waals surface area contributed by atoms with E-state index in [1.165, 1.54) is 148 Å². The molecule has 0 heterocycles. The minimum absolute atomic E-state index is 0.00202. The largest absolute Gasteiger partial charge is 0.477 e. The maximum Gasteiger partial charge on any atom is 0.367 e. The van der Waals surface area contributed by atoms with Crippen LogP contribution in [0.1, 0.15) is 220 Å². The van der Waals surface area contributed by atoms with Crippen LogP contribution in [0, 0.1) is 0 Å². The molecule has 0 rings (SSSR count). The Morgan fingerprint density at radius 1 is 0.523 bits per heavy atom. The standard InChI is InChI=1S/C39H78N2O3/c1-6-9-11-13-15-17-19-21-22-23-24-26-28-30-32-34-37(42)40-41(5,36-8-3)39(4,38(43)44)35-33-31-29-27-25-20-18-16-14-12-10-7-2/h6-36H2,1-5H3,(H-,40,42,43,44)/p+1. The molecule has 0 aromatic rings. The van der Waals surface area contributed by atoms with Crippen LogP contribution in [0.25, 0.3) is 0 Å². The molecule has 2 unspecified atom stereocenters. The van der Waals surface area contributed by atoms with Gasteiger partial charge in [-0.15, -0.1) is 0 Å². The van der Waals surface area contributed by atoms with E-state index >= 15 is 0 Å². The van der Waals surface area contributed by atoms with Crippen molar-refractivity contribution in [2.45, 2.75) is 226 Å². The Labute approximate surface area is 275 Å². The van der Waals surface area contributed by atoms with Gasteiger partial charge in [-0.2, -0.15) is 0 Å². The van der Waals surface area contributed by atoms with Gasteiger partial charge in [0.1, 0.15) is 6.54 Å². The number of hydrogen-bond donors (Lipinski definition) is 2. The van der Waals surface area contributed by atoms with Crippen molar-refractivity contribution in [3.05, 3.63) is 0 Å². The molecule has 0 aromatic carbocycles. The van der Waals surface area contributed by atoms with Crippen LogP contribution in [0.3, 0.4) is 0 Å². The number of carboxylic acid groups (broad SMARTS) is 1. The third-order valence-electron chi connectivity index (χ3n) is 10.1. The molecule has 5 heteroatoms. The second-order valence-electron chi connectivity index (χ2n) is 14.4. The van der Waals surface area contributed by atoms with Gasteiger partial charge in [0.2, 0.25) is 5.54 Å². The van der Waals surface area contributed by atoms with Gasteiger partial charge >= 0.3 is 5.97 Å². The summed E-state index contributed by atoms with van der Waals surface area (Å²) < 4.78 is 0.0917. The highest BCUT2D eigenvalue weighted by atomic mass is 16.4. The van der Waals surface area contributed by atoms with Gasteiger partial charge in [-0.05, 0) is 19.3 Å². The zero-order chi connectivity index (χ0) is 32.8. The van der Waals surface area contributed by atoms with Crippen molar-refractivity contribution in [1.29, 1.82) is 0 Å². The number of carbonyl (C=O) groups excluding carboxylic acids is 1. The highest BCUT2D eigenvalue weighted by Gasteiger charge is 2.51. The molecule has 0 saturated carbocycles. The molecule has 0 aliphatic heterocycles. The van der Waals surface area contributed by atoms with Crippen molar-refractivity contribution in [2.24, 2.45) is 0 Å². The fraction of sp³-hybridized carbons (Fsp3) is 0.949. The Kier molecular flexibility index (Phi) is 28.6. The molecular formula is C39H79N2O3+. The second-order valence-corrected chi connectivity index (χ2v) is 14.4. The van der Waals surface area contributed by atoms with E-state index in [1.54, 1.807) is 0 Å². The van der Waals surface area contributed by atoms with Gasteiger partial charge in [0.05, 0.1) is 7.05 Å².